The number of benzene rings is 2. The molecule has 352 valence electrons. The summed E-state index contributed by atoms with van der Waals surface area (Å²) in [6.07, 6.45) is -0.250. The molecule has 0 bridgehead atoms. The zero-order valence-corrected chi connectivity index (χ0v) is 38.3. The summed E-state index contributed by atoms with van der Waals surface area (Å²) in [5.41, 5.74) is 2.76. The SMILES string of the molecule is CC(=O)NCSC[C@H](NC(=O)OC(C)(C)C)C(=O)N[C@@H](CCCNC(=O)OCc1ccccc1)C(=O)N[C@@H](CC(C)C)C(=O)N[C@H](Cc1ccccc1)C(=O)N1CCC[C@H]1C(=O)NN. The van der Waals surface area contributed by atoms with E-state index in [1.54, 1.807) is 32.9 Å². The Balaban J connectivity index is 1.86. The first-order valence-corrected chi connectivity index (χ1v) is 22.5. The third-order valence-electron chi connectivity index (χ3n) is 9.72. The molecule has 0 aliphatic carbocycles. The topological polar surface area (TPSA) is 268 Å². The zero-order valence-electron chi connectivity index (χ0n) is 37.5. The van der Waals surface area contributed by atoms with Gasteiger partial charge in [0.2, 0.25) is 29.5 Å². The van der Waals surface area contributed by atoms with Gasteiger partial charge in [-0.1, -0.05) is 74.5 Å². The van der Waals surface area contributed by atoms with Gasteiger partial charge in [-0.05, 0) is 69.9 Å². The quantitative estimate of drug-likeness (QED) is 0.0262. The van der Waals surface area contributed by atoms with Crippen molar-refractivity contribution in [1.29, 1.82) is 0 Å². The van der Waals surface area contributed by atoms with E-state index < -0.39 is 77.5 Å². The summed E-state index contributed by atoms with van der Waals surface area (Å²) in [6, 6.07) is 12.5. The number of nitrogens with one attached hydrogen (secondary N) is 7. The molecule has 0 spiro atoms. The van der Waals surface area contributed by atoms with Gasteiger partial charge in [-0.2, -0.15) is 0 Å². The van der Waals surface area contributed by atoms with Gasteiger partial charge in [0, 0.05) is 32.2 Å². The fraction of sp³-hybridized carbons (Fsp3) is 0.545. The second-order valence-corrected chi connectivity index (χ2v) is 17.8. The van der Waals surface area contributed by atoms with E-state index in [-0.39, 0.29) is 68.8 Å². The maximum Gasteiger partial charge on any atom is 0.408 e. The summed E-state index contributed by atoms with van der Waals surface area (Å²) in [6.45, 7) is 10.4. The minimum Gasteiger partial charge on any atom is -0.445 e. The molecule has 5 atom stereocenters. The van der Waals surface area contributed by atoms with Crippen molar-refractivity contribution in [3.05, 3.63) is 71.8 Å². The van der Waals surface area contributed by atoms with Crippen LogP contribution in [0.5, 0.6) is 0 Å². The van der Waals surface area contributed by atoms with E-state index in [1.165, 1.54) is 11.8 Å². The molecule has 1 heterocycles. The number of thioether (sulfide) groups is 1. The Morgan fingerprint density at radius 1 is 0.781 bits per heavy atom. The number of rotatable bonds is 23. The Hall–Kier alpha value is -5.89. The van der Waals surface area contributed by atoms with Crippen LogP contribution in [0.3, 0.4) is 0 Å². The number of hydrogen-bond acceptors (Lipinski definition) is 12. The number of amides is 8. The van der Waals surface area contributed by atoms with Crippen molar-refractivity contribution in [3.8, 4) is 0 Å². The number of carbonyl (C=O) groups is 8. The van der Waals surface area contributed by atoms with Crippen molar-refractivity contribution in [2.75, 3.05) is 24.7 Å². The maximum atomic E-state index is 14.3. The van der Waals surface area contributed by atoms with Crippen LogP contribution < -0.4 is 43.2 Å². The van der Waals surface area contributed by atoms with E-state index in [0.29, 0.717) is 12.8 Å². The summed E-state index contributed by atoms with van der Waals surface area (Å²) >= 11 is 1.15. The van der Waals surface area contributed by atoms with E-state index >= 15 is 0 Å². The number of nitrogens with two attached hydrogens (primary N) is 1. The Labute approximate surface area is 379 Å². The van der Waals surface area contributed by atoms with Crippen molar-refractivity contribution >= 4 is 59.4 Å². The molecule has 19 nitrogen and oxygen atoms in total. The molecule has 9 N–H and O–H groups in total. The van der Waals surface area contributed by atoms with Crippen LogP contribution in [-0.2, 0) is 51.3 Å². The van der Waals surface area contributed by atoms with Gasteiger partial charge in [0.15, 0.2) is 0 Å². The predicted octanol–water partition coefficient (Wildman–Crippen LogP) is 2.14. The maximum absolute atomic E-state index is 14.3. The molecular formula is C44H65N9O10S. The van der Waals surface area contributed by atoms with Crippen molar-refractivity contribution < 1.29 is 47.8 Å². The monoisotopic (exact) mass is 911 g/mol. The highest BCUT2D eigenvalue weighted by molar-refractivity contribution is 7.99. The van der Waals surface area contributed by atoms with Crippen LogP contribution in [0.2, 0.25) is 0 Å². The molecule has 1 aliphatic rings. The highest BCUT2D eigenvalue weighted by Crippen LogP contribution is 2.20. The number of ether oxygens (including phenoxy) is 2. The number of likely N-dealkylation sites (tertiary alicyclic amines) is 1. The van der Waals surface area contributed by atoms with Crippen LogP contribution in [-0.4, -0.2) is 113 Å². The molecule has 64 heavy (non-hydrogen) atoms. The van der Waals surface area contributed by atoms with Gasteiger partial charge >= 0.3 is 12.2 Å². The van der Waals surface area contributed by atoms with Crippen molar-refractivity contribution in [2.45, 2.75) is 122 Å². The lowest BCUT2D eigenvalue weighted by atomic mass is 10.00. The highest BCUT2D eigenvalue weighted by atomic mass is 32.2. The van der Waals surface area contributed by atoms with Crippen molar-refractivity contribution in [2.24, 2.45) is 11.8 Å². The van der Waals surface area contributed by atoms with Crippen LogP contribution in [0.4, 0.5) is 9.59 Å². The third-order valence-corrected chi connectivity index (χ3v) is 10.6. The molecule has 0 unspecified atom stereocenters. The van der Waals surface area contributed by atoms with E-state index in [0.717, 1.165) is 22.9 Å². The molecule has 1 aliphatic heterocycles. The lowest BCUT2D eigenvalue weighted by molar-refractivity contribution is -0.142. The fourth-order valence-corrected chi connectivity index (χ4v) is 7.56. The summed E-state index contributed by atoms with van der Waals surface area (Å²) in [5, 5.41) is 16.1. The zero-order chi connectivity index (χ0) is 47.2. The number of alkyl carbamates (subject to hydrolysis) is 2. The fourth-order valence-electron chi connectivity index (χ4n) is 6.67. The number of hydrazine groups is 1. The van der Waals surface area contributed by atoms with Crippen LogP contribution >= 0.6 is 11.8 Å². The Bertz CT molecular complexity index is 1870. The lowest BCUT2D eigenvalue weighted by Crippen LogP contribution is -2.60. The molecule has 8 amide bonds. The Morgan fingerprint density at radius 3 is 1.98 bits per heavy atom. The molecule has 1 fully saturated rings. The lowest BCUT2D eigenvalue weighted by Gasteiger charge is -2.30. The van der Waals surface area contributed by atoms with E-state index in [2.05, 4.69) is 37.3 Å². The normalized spacial score (nSPS) is 15.4. The number of nitrogens with zero attached hydrogens (tertiary/aromatic N) is 1. The Kier molecular flexibility index (Phi) is 21.9. The van der Waals surface area contributed by atoms with Crippen LogP contribution in [0, 0.1) is 5.92 Å². The Morgan fingerprint density at radius 2 is 1.38 bits per heavy atom. The van der Waals surface area contributed by atoms with Crippen LogP contribution in [0.15, 0.2) is 60.7 Å². The first-order chi connectivity index (χ1) is 30.4. The molecule has 2 aromatic rings. The minimum absolute atomic E-state index is 0.0193. The molecule has 20 heteroatoms. The van der Waals surface area contributed by atoms with Gasteiger partial charge in [-0.3, -0.25) is 34.2 Å². The average Bonchev–Trinajstić information content (AvgIpc) is 3.74. The van der Waals surface area contributed by atoms with Gasteiger partial charge in [0.1, 0.15) is 42.4 Å². The second kappa shape index (κ2) is 26.7. The minimum atomic E-state index is -1.29. The van der Waals surface area contributed by atoms with Gasteiger partial charge in [0.25, 0.3) is 5.91 Å². The van der Waals surface area contributed by atoms with E-state index in [9.17, 15) is 38.4 Å². The predicted molar refractivity (Wildman–Crippen MR) is 241 cm³/mol. The van der Waals surface area contributed by atoms with Gasteiger partial charge < -0.3 is 46.3 Å². The van der Waals surface area contributed by atoms with Crippen molar-refractivity contribution in [3.63, 3.8) is 0 Å². The molecule has 0 saturated carbocycles. The van der Waals surface area contributed by atoms with Crippen LogP contribution in [0.1, 0.15) is 84.8 Å². The highest BCUT2D eigenvalue weighted by Gasteiger charge is 2.39. The van der Waals surface area contributed by atoms with Crippen molar-refractivity contribution in [1.82, 2.24) is 42.2 Å². The summed E-state index contributed by atoms with van der Waals surface area (Å²) in [4.78, 5) is 107. The standard InChI is InChI=1S/C44H65N9O10S/c1-28(2)23-33(38(56)50-34(24-30-15-9-7-10-16-30)41(59)53-22-14-20-36(53)40(58)52-45)49-37(55)32(19-13-21-46-42(60)62-25-31-17-11-8-12-18-31)48-39(57)35(26-64-27-47-29(3)54)51-43(61)63-44(4,5)6/h7-12,15-18,28,32-36H,13-14,19-27,45H2,1-6H3,(H,46,60)(H,47,54)(H,48,57)(H,49,55)(H,50,56)(H,51,61)(H,52,58)/t32-,33-,34+,35-,36-/m0/s1. The third kappa shape index (κ3) is 19.2. The van der Waals surface area contributed by atoms with Crippen LogP contribution in [0.25, 0.3) is 0 Å². The van der Waals surface area contributed by atoms with Gasteiger partial charge in [-0.25, -0.2) is 15.4 Å². The van der Waals surface area contributed by atoms with Gasteiger partial charge in [0.05, 0.1) is 5.88 Å². The van der Waals surface area contributed by atoms with E-state index in [4.69, 9.17) is 15.3 Å². The number of hydrogen-bond donors (Lipinski definition) is 8. The smallest absolute Gasteiger partial charge is 0.408 e. The molecule has 0 radical (unpaired) electrons. The first-order valence-electron chi connectivity index (χ1n) is 21.4. The molecule has 3 rings (SSSR count). The second-order valence-electron chi connectivity index (χ2n) is 16.8. The average molecular weight is 912 g/mol. The first kappa shape index (κ1) is 52.5. The van der Waals surface area contributed by atoms with E-state index in [1.807, 2.05) is 62.4 Å². The molecule has 0 aromatic heterocycles. The molecule has 1 saturated heterocycles. The summed E-state index contributed by atoms with van der Waals surface area (Å²) in [5.74, 6) is 1.94. The summed E-state index contributed by atoms with van der Waals surface area (Å²) < 4.78 is 10.7. The molecular weight excluding hydrogens is 847 g/mol. The molecule has 2 aromatic carbocycles. The largest absolute Gasteiger partial charge is 0.445 e. The number of carbonyl (C=O) groups excluding carboxylic acids is 8. The summed E-state index contributed by atoms with van der Waals surface area (Å²) in [7, 11) is 0. The van der Waals surface area contributed by atoms with Gasteiger partial charge in [-0.15, -0.1) is 11.8 Å².